The number of pyridine rings is 1. The first-order chi connectivity index (χ1) is 13.0. The van der Waals surface area contributed by atoms with Crippen molar-refractivity contribution < 1.29 is 19.1 Å². The summed E-state index contributed by atoms with van der Waals surface area (Å²) in [6.07, 6.45) is 2.60. The molecule has 0 radical (unpaired) electrons. The van der Waals surface area contributed by atoms with Crippen LogP contribution in [0.5, 0.6) is 0 Å². The Morgan fingerprint density at radius 2 is 2.04 bits per heavy atom. The predicted octanol–water partition coefficient (Wildman–Crippen LogP) is 2.36. The molecule has 3 amide bonds. The van der Waals surface area contributed by atoms with Gasteiger partial charge in [-0.2, -0.15) is 0 Å². The van der Waals surface area contributed by atoms with Gasteiger partial charge in [-0.15, -0.1) is 0 Å². The number of hydrogen-bond donors (Lipinski definition) is 2. The molecule has 1 heterocycles. The van der Waals surface area contributed by atoms with Crippen molar-refractivity contribution >= 4 is 28.8 Å². The molecule has 2 aromatic rings. The number of esters is 1. The van der Waals surface area contributed by atoms with Crippen molar-refractivity contribution in [2.75, 3.05) is 13.2 Å². The number of rotatable bonds is 4. The number of aromatic nitrogens is 1. The molecule has 27 heavy (non-hydrogen) atoms. The third-order valence-corrected chi connectivity index (χ3v) is 4.63. The summed E-state index contributed by atoms with van der Waals surface area (Å²) in [5.41, 5.74) is 3.05. The molecule has 3 rings (SSSR count). The fourth-order valence-corrected chi connectivity index (χ4v) is 3.37. The maximum atomic E-state index is 12.8. The van der Waals surface area contributed by atoms with Crippen LogP contribution < -0.4 is 10.6 Å². The molecule has 1 aromatic heterocycles. The topological polar surface area (TPSA) is 97.4 Å². The van der Waals surface area contributed by atoms with Crippen molar-refractivity contribution in [3.05, 3.63) is 41.1 Å². The van der Waals surface area contributed by atoms with Gasteiger partial charge >= 0.3 is 12.0 Å². The lowest BCUT2D eigenvalue weighted by Gasteiger charge is -2.24. The molecule has 0 spiro atoms. The van der Waals surface area contributed by atoms with E-state index in [4.69, 9.17) is 9.72 Å². The van der Waals surface area contributed by atoms with Gasteiger partial charge in [-0.25, -0.2) is 9.59 Å². The summed E-state index contributed by atoms with van der Waals surface area (Å²) in [5, 5.41) is 5.28. The summed E-state index contributed by atoms with van der Waals surface area (Å²) in [6.45, 7) is 3.76. The summed E-state index contributed by atoms with van der Waals surface area (Å²) in [5.74, 6) is -0.784. The van der Waals surface area contributed by atoms with Crippen molar-refractivity contribution in [3.8, 4) is 0 Å². The van der Waals surface area contributed by atoms with Crippen molar-refractivity contribution in [1.82, 2.24) is 15.6 Å². The van der Waals surface area contributed by atoms with Crippen LogP contribution in [0.25, 0.3) is 10.9 Å². The minimum Gasteiger partial charge on any atom is -0.452 e. The van der Waals surface area contributed by atoms with Gasteiger partial charge < -0.3 is 10.1 Å². The van der Waals surface area contributed by atoms with Crippen LogP contribution in [0.4, 0.5) is 4.79 Å². The van der Waals surface area contributed by atoms with Gasteiger partial charge in [0, 0.05) is 17.6 Å². The fourth-order valence-electron chi connectivity index (χ4n) is 3.37. The molecule has 2 N–H and O–H groups in total. The van der Waals surface area contributed by atoms with Gasteiger partial charge in [-0.3, -0.25) is 15.1 Å². The van der Waals surface area contributed by atoms with Crippen molar-refractivity contribution in [1.29, 1.82) is 0 Å². The lowest BCUT2D eigenvalue weighted by molar-refractivity contribution is -0.123. The average Bonchev–Trinajstić information content (AvgIpc) is 2.64. The third-order valence-electron chi connectivity index (χ3n) is 4.63. The molecular weight excluding hydrogens is 346 g/mol. The van der Waals surface area contributed by atoms with Gasteiger partial charge in [0.25, 0.3) is 5.91 Å². The molecule has 0 bridgehead atoms. The third kappa shape index (κ3) is 4.24. The van der Waals surface area contributed by atoms with Crippen LogP contribution in [0.3, 0.4) is 0 Å². The Morgan fingerprint density at radius 1 is 1.26 bits per heavy atom. The number of nitrogens with zero attached hydrogens (tertiary/aromatic N) is 1. The Kier molecular flexibility index (Phi) is 5.69. The Balaban J connectivity index is 1.84. The number of carbonyl (C=O) groups excluding carboxylic acids is 3. The number of carbonyl (C=O) groups is 3. The standard InChI is InChI=1S/C20H23N3O4/c1-3-21-20(26)23-17(24)11-27-19(25)18-13-6-4-5-7-15(13)22-16-9-8-12(2)10-14(16)18/h4-7,12H,3,8-11H2,1-2H3,(H2,21,23,24,26)/t12-/m1/s1. The van der Waals surface area contributed by atoms with Crippen LogP contribution >= 0.6 is 0 Å². The van der Waals surface area contributed by atoms with E-state index >= 15 is 0 Å². The van der Waals surface area contributed by atoms with E-state index < -0.39 is 24.5 Å². The van der Waals surface area contributed by atoms with Crippen LogP contribution in [0.2, 0.25) is 0 Å². The highest BCUT2D eigenvalue weighted by molar-refractivity contribution is 6.06. The van der Waals surface area contributed by atoms with E-state index in [1.165, 1.54) is 0 Å². The lowest BCUT2D eigenvalue weighted by Crippen LogP contribution is -2.41. The van der Waals surface area contributed by atoms with Crippen LogP contribution in [-0.2, 0) is 22.4 Å². The summed E-state index contributed by atoms with van der Waals surface area (Å²) in [7, 11) is 0. The largest absolute Gasteiger partial charge is 0.452 e. The van der Waals surface area contributed by atoms with E-state index in [2.05, 4.69) is 17.6 Å². The number of benzene rings is 1. The molecule has 7 nitrogen and oxygen atoms in total. The number of amides is 3. The zero-order chi connectivity index (χ0) is 19.4. The maximum absolute atomic E-state index is 12.8. The zero-order valence-corrected chi connectivity index (χ0v) is 15.5. The quantitative estimate of drug-likeness (QED) is 0.807. The van der Waals surface area contributed by atoms with Gasteiger partial charge in [0.2, 0.25) is 0 Å². The second kappa shape index (κ2) is 8.16. The maximum Gasteiger partial charge on any atom is 0.339 e. The van der Waals surface area contributed by atoms with Crippen molar-refractivity contribution in [2.24, 2.45) is 5.92 Å². The highest BCUT2D eigenvalue weighted by Gasteiger charge is 2.26. The second-order valence-electron chi connectivity index (χ2n) is 6.76. The molecule has 1 aromatic carbocycles. The Bertz CT molecular complexity index is 894. The van der Waals surface area contributed by atoms with Crippen molar-refractivity contribution in [2.45, 2.75) is 33.1 Å². The number of ether oxygens (including phenoxy) is 1. The Labute approximate surface area is 157 Å². The van der Waals surface area contributed by atoms with Crippen LogP contribution in [0, 0.1) is 5.92 Å². The molecule has 1 aliphatic rings. The molecule has 0 unspecified atom stereocenters. The summed E-state index contributed by atoms with van der Waals surface area (Å²) < 4.78 is 5.22. The van der Waals surface area contributed by atoms with Crippen molar-refractivity contribution in [3.63, 3.8) is 0 Å². The minimum atomic E-state index is -0.671. The lowest BCUT2D eigenvalue weighted by atomic mass is 9.84. The number of aryl methyl sites for hydroxylation is 1. The van der Waals surface area contributed by atoms with Crippen LogP contribution in [0.1, 0.15) is 41.9 Å². The first-order valence-electron chi connectivity index (χ1n) is 9.14. The number of imide groups is 1. The van der Waals surface area contributed by atoms with E-state index in [1.54, 1.807) is 6.92 Å². The summed E-state index contributed by atoms with van der Waals surface area (Å²) >= 11 is 0. The van der Waals surface area contributed by atoms with E-state index in [-0.39, 0.29) is 0 Å². The molecule has 0 saturated carbocycles. The normalized spacial score (nSPS) is 15.7. The molecule has 7 heteroatoms. The van der Waals surface area contributed by atoms with Gasteiger partial charge in [0.15, 0.2) is 6.61 Å². The Hall–Kier alpha value is -2.96. The highest BCUT2D eigenvalue weighted by atomic mass is 16.5. The molecule has 0 saturated heterocycles. The van der Waals surface area contributed by atoms with Crippen LogP contribution in [0.15, 0.2) is 24.3 Å². The van der Waals surface area contributed by atoms with E-state index in [1.807, 2.05) is 24.3 Å². The average molecular weight is 369 g/mol. The Morgan fingerprint density at radius 3 is 2.81 bits per heavy atom. The second-order valence-corrected chi connectivity index (χ2v) is 6.76. The molecule has 1 aliphatic carbocycles. The number of urea groups is 1. The minimum absolute atomic E-state index is 0.395. The molecule has 0 aliphatic heterocycles. The van der Waals surface area contributed by atoms with E-state index in [0.717, 1.165) is 41.4 Å². The summed E-state index contributed by atoms with van der Waals surface area (Å²) in [4.78, 5) is 40.7. The number of para-hydroxylation sites is 1. The monoisotopic (exact) mass is 369 g/mol. The van der Waals surface area contributed by atoms with Gasteiger partial charge in [-0.05, 0) is 43.7 Å². The summed E-state index contributed by atoms with van der Waals surface area (Å²) in [6, 6.07) is 6.82. The van der Waals surface area contributed by atoms with Crippen LogP contribution in [-0.4, -0.2) is 36.0 Å². The zero-order valence-electron chi connectivity index (χ0n) is 15.5. The smallest absolute Gasteiger partial charge is 0.339 e. The first-order valence-corrected chi connectivity index (χ1v) is 9.14. The number of hydrogen-bond acceptors (Lipinski definition) is 5. The highest BCUT2D eigenvalue weighted by Crippen LogP contribution is 2.31. The first kappa shape index (κ1) is 18.8. The predicted molar refractivity (Wildman–Crippen MR) is 100 cm³/mol. The van der Waals surface area contributed by atoms with Gasteiger partial charge in [-0.1, -0.05) is 25.1 Å². The number of nitrogens with one attached hydrogen (secondary N) is 2. The van der Waals surface area contributed by atoms with Gasteiger partial charge in [0.1, 0.15) is 0 Å². The molecule has 142 valence electrons. The molecular formula is C20H23N3O4. The molecule has 1 atom stereocenters. The SMILES string of the molecule is CCNC(=O)NC(=O)COC(=O)c1c2c(nc3ccccc13)CC[C@@H](C)C2. The van der Waals surface area contributed by atoms with E-state index in [9.17, 15) is 14.4 Å². The van der Waals surface area contributed by atoms with Gasteiger partial charge in [0.05, 0.1) is 11.1 Å². The number of fused-ring (bicyclic) bond motifs is 2. The fraction of sp³-hybridized carbons (Fsp3) is 0.400. The molecule has 0 fully saturated rings. The van der Waals surface area contributed by atoms with E-state index in [0.29, 0.717) is 18.0 Å².